The van der Waals surface area contributed by atoms with Gasteiger partial charge in [0.1, 0.15) is 19.0 Å². The molecule has 1 aliphatic heterocycles. The van der Waals surface area contributed by atoms with Crippen molar-refractivity contribution >= 4 is 5.97 Å². The third-order valence-corrected chi connectivity index (χ3v) is 5.76. The second-order valence-electron chi connectivity index (χ2n) is 7.80. The van der Waals surface area contributed by atoms with Gasteiger partial charge in [0.15, 0.2) is 11.5 Å². The lowest BCUT2D eigenvalue weighted by molar-refractivity contribution is 0.0600. The molecule has 1 aliphatic rings. The maximum Gasteiger partial charge on any atom is 0.337 e. The summed E-state index contributed by atoms with van der Waals surface area (Å²) in [5.74, 6) is 2.20. The molecule has 0 bridgehead atoms. The van der Waals surface area contributed by atoms with Crippen LogP contribution in [0, 0.1) is 0 Å². The minimum Gasteiger partial charge on any atom is -0.497 e. The van der Waals surface area contributed by atoms with Crippen molar-refractivity contribution < 1.29 is 23.7 Å². The number of ether oxygens (including phenoxy) is 4. The molecule has 4 rings (SSSR count). The standard InChI is InChI=1S/C27H28O5/c1-29-24-13-7-20(8-14-24)6-12-23-18-26-25(31-15-16-32-26)17-22(23)11-5-19-3-9-21(10-4-19)27(28)30-2/h3-4,7-10,13-14,17-18H,5-6,11-12,15-16H2,1-2H3. The Morgan fingerprint density at radius 1 is 0.750 bits per heavy atom. The van der Waals surface area contributed by atoms with Crippen LogP contribution in [0.1, 0.15) is 32.6 Å². The number of fused-ring (bicyclic) bond motifs is 1. The lowest BCUT2D eigenvalue weighted by Crippen LogP contribution is -2.16. The van der Waals surface area contributed by atoms with Crippen molar-refractivity contribution in [3.05, 3.63) is 88.5 Å². The fourth-order valence-corrected chi connectivity index (χ4v) is 3.91. The highest BCUT2D eigenvalue weighted by Gasteiger charge is 2.16. The van der Waals surface area contributed by atoms with Gasteiger partial charge in [0.25, 0.3) is 0 Å². The Bertz CT molecular complexity index is 1050. The summed E-state index contributed by atoms with van der Waals surface area (Å²) in [7, 11) is 3.07. The lowest BCUT2D eigenvalue weighted by atomic mass is 9.94. The molecule has 0 aromatic heterocycles. The van der Waals surface area contributed by atoms with E-state index in [2.05, 4.69) is 24.3 Å². The maximum absolute atomic E-state index is 11.7. The van der Waals surface area contributed by atoms with Crippen molar-refractivity contribution in [1.82, 2.24) is 0 Å². The van der Waals surface area contributed by atoms with Crippen LogP contribution in [-0.4, -0.2) is 33.4 Å². The Labute approximate surface area is 188 Å². The summed E-state index contributed by atoms with van der Waals surface area (Å²) < 4.78 is 21.7. The minimum atomic E-state index is -0.316. The van der Waals surface area contributed by atoms with Crippen LogP contribution in [0.2, 0.25) is 0 Å². The maximum atomic E-state index is 11.7. The highest BCUT2D eigenvalue weighted by Crippen LogP contribution is 2.34. The van der Waals surface area contributed by atoms with Gasteiger partial charge in [-0.1, -0.05) is 24.3 Å². The first-order valence-corrected chi connectivity index (χ1v) is 10.9. The van der Waals surface area contributed by atoms with Crippen molar-refractivity contribution in [2.24, 2.45) is 0 Å². The summed E-state index contributed by atoms with van der Waals surface area (Å²) in [6.07, 6.45) is 3.60. The minimum absolute atomic E-state index is 0.316. The van der Waals surface area contributed by atoms with Gasteiger partial charge < -0.3 is 18.9 Å². The van der Waals surface area contributed by atoms with Gasteiger partial charge in [-0.2, -0.15) is 0 Å². The van der Waals surface area contributed by atoms with Gasteiger partial charge in [-0.3, -0.25) is 0 Å². The lowest BCUT2D eigenvalue weighted by Gasteiger charge is -2.21. The first kappa shape index (κ1) is 21.8. The number of carbonyl (C=O) groups excluding carboxylic acids is 1. The van der Waals surface area contributed by atoms with Crippen LogP contribution in [-0.2, 0) is 30.4 Å². The largest absolute Gasteiger partial charge is 0.497 e. The second-order valence-corrected chi connectivity index (χ2v) is 7.80. The molecule has 5 nitrogen and oxygen atoms in total. The molecule has 3 aromatic rings. The Morgan fingerprint density at radius 3 is 1.72 bits per heavy atom. The number of hydrogen-bond donors (Lipinski definition) is 0. The first-order chi connectivity index (χ1) is 15.7. The molecule has 0 fully saturated rings. The topological polar surface area (TPSA) is 54.0 Å². The Hall–Kier alpha value is -3.47. The molecule has 0 amide bonds. The van der Waals surface area contributed by atoms with E-state index < -0.39 is 0 Å². The molecular formula is C27H28O5. The van der Waals surface area contributed by atoms with Crippen molar-refractivity contribution in [2.45, 2.75) is 25.7 Å². The van der Waals surface area contributed by atoms with E-state index >= 15 is 0 Å². The van der Waals surface area contributed by atoms with Gasteiger partial charge in [-0.15, -0.1) is 0 Å². The van der Waals surface area contributed by atoms with Crippen molar-refractivity contribution in [1.29, 1.82) is 0 Å². The highest BCUT2D eigenvalue weighted by molar-refractivity contribution is 5.89. The Morgan fingerprint density at radius 2 is 1.25 bits per heavy atom. The molecule has 0 unspecified atom stereocenters. The van der Waals surface area contributed by atoms with E-state index in [0.29, 0.717) is 18.8 Å². The average molecular weight is 433 g/mol. The summed E-state index contributed by atoms with van der Waals surface area (Å²) in [4.78, 5) is 11.7. The van der Waals surface area contributed by atoms with Crippen molar-refractivity contribution in [3.8, 4) is 17.2 Å². The number of rotatable bonds is 8. The van der Waals surface area contributed by atoms with Crippen LogP contribution < -0.4 is 14.2 Å². The molecule has 3 aromatic carbocycles. The molecule has 1 heterocycles. The molecule has 166 valence electrons. The van der Waals surface area contributed by atoms with Crippen LogP contribution in [0.3, 0.4) is 0 Å². The van der Waals surface area contributed by atoms with Gasteiger partial charge in [-0.05, 0) is 84.3 Å². The molecule has 0 saturated heterocycles. The monoisotopic (exact) mass is 432 g/mol. The molecule has 32 heavy (non-hydrogen) atoms. The number of hydrogen-bond acceptors (Lipinski definition) is 5. The summed E-state index contributed by atoms with van der Waals surface area (Å²) in [6.45, 7) is 1.16. The zero-order valence-electron chi connectivity index (χ0n) is 18.6. The van der Waals surface area contributed by atoms with E-state index in [1.807, 2.05) is 36.4 Å². The fourth-order valence-electron chi connectivity index (χ4n) is 3.91. The van der Waals surface area contributed by atoms with Gasteiger partial charge in [-0.25, -0.2) is 4.79 Å². The number of aryl methyl sites for hydroxylation is 4. The second kappa shape index (κ2) is 10.2. The molecule has 5 heteroatoms. The first-order valence-electron chi connectivity index (χ1n) is 10.9. The zero-order valence-corrected chi connectivity index (χ0v) is 18.6. The normalized spacial score (nSPS) is 12.3. The molecule has 0 spiro atoms. The van der Waals surface area contributed by atoms with Crippen molar-refractivity contribution in [2.75, 3.05) is 27.4 Å². The molecular weight excluding hydrogens is 404 g/mol. The Kier molecular flexibility index (Phi) is 6.95. The third kappa shape index (κ3) is 5.22. The molecule has 0 N–H and O–H groups in total. The molecule has 0 saturated carbocycles. The molecule has 0 atom stereocenters. The Balaban J connectivity index is 1.49. The van der Waals surface area contributed by atoms with Crippen LogP contribution in [0.15, 0.2) is 60.7 Å². The van der Waals surface area contributed by atoms with E-state index in [4.69, 9.17) is 18.9 Å². The van der Waals surface area contributed by atoms with E-state index in [1.54, 1.807) is 7.11 Å². The smallest absolute Gasteiger partial charge is 0.337 e. The number of esters is 1. The molecule has 0 radical (unpaired) electrons. The van der Waals surface area contributed by atoms with Gasteiger partial charge >= 0.3 is 5.97 Å². The third-order valence-electron chi connectivity index (χ3n) is 5.76. The van der Waals surface area contributed by atoms with Gasteiger partial charge in [0, 0.05) is 0 Å². The SMILES string of the molecule is COC(=O)c1ccc(CCc2cc3c(cc2CCc2ccc(OC)cc2)OCCO3)cc1. The number of methoxy groups -OCH3 is 2. The molecule has 0 aliphatic carbocycles. The van der Waals surface area contributed by atoms with Crippen LogP contribution >= 0.6 is 0 Å². The van der Waals surface area contributed by atoms with Crippen LogP contribution in [0.5, 0.6) is 17.2 Å². The quantitative estimate of drug-likeness (QED) is 0.478. The number of benzene rings is 3. The number of carbonyl (C=O) groups is 1. The van der Waals surface area contributed by atoms with Crippen LogP contribution in [0.25, 0.3) is 0 Å². The predicted octanol–water partition coefficient (Wildman–Crippen LogP) is 4.82. The van der Waals surface area contributed by atoms with E-state index in [9.17, 15) is 4.79 Å². The average Bonchev–Trinajstić information content (AvgIpc) is 2.86. The summed E-state index contributed by atoms with van der Waals surface area (Å²) in [6, 6.07) is 20.1. The van der Waals surface area contributed by atoms with E-state index in [0.717, 1.165) is 42.9 Å². The summed E-state index contributed by atoms with van der Waals surface area (Å²) in [5, 5.41) is 0. The fraction of sp³-hybridized carbons (Fsp3) is 0.296. The van der Waals surface area contributed by atoms with Gasteiger partial charge in [0.05, 0.1) is 19.8 Å². The van der Waals surface area contributed by atoms with E-state index in [-0.39, 0.29) is 5.97 Å². The zero-order chi connectivity index (χ0) is 22.3. The van der Waals surface area contributed by atoms with E-state index in [1.165, 1.54) is 29.4 Å². The summed E-state index contributed by atoms with van der Waals surface area (Å²) >= 11 is 0. The predicted molar refractivity (Wildman–Crippen MR) is 123 cm³/mol. The highest BCUT2D eigenvalue weighted by atomic mass is 16.6. The van der Waals surface area contributed by atoms with Crippen LogP contribution in [0.4, 0.5) is 0 Å². The van der Waals surface area contributed by atoms with Gasteiger partial charge in [0.2, 0.25) is 0 Å². The summed E-state index contributed by atoms with van der Waals surface area (Å²) in [5.41, 5.74) is 5.55. The van der Waals surface area contributed by atoms with Crippen molar-refractivity contribution in [3.63, 3.8) is 0 Å².